The van der Waals surface area contributed by atoms with E-state index in [1.54, 1.807) is 72.8 Å². The van der Waals surface area contributed by atoms with Gasteiger partial charge < -0.3 is 24.8 Å². The second-order valence-electron chi connectivity index (χ2n) is 10.5. The Kier molecular flexibility index (Phi) is 11.0. The van der Waals surface area contributed by atoms with Gasteiger partial charge in [0.1, 0.15) is 34.1 Å². The zero-order valence-electron chi connectivity index (χ0n) is 27.1. The highest BCUT2D eigenvalue weighted by molar-refractivity contribution is 6.20. The first-order valence-corrected chi connectivity index (χ1v) is 16.5. The second kappa shape index (κ2) is 16.1. The van der Waals surface area contributed by atoms with E-state index in [9.17, 15) is 9.59 Å². The van der Waals surface area contributed by atoms with Crippen molar-refractivity contribution in [2.24, 2.45) is 0 Å². The third kappa shape index (κ3) is 8.76. The van der Waals surface area contributed by atoms with Gasteiger partial charge in [-0.15, -0.1) is 0 Å². The first-order valence-electron chi connectivity index (χ1n) is 15.6. The second-order valence-corrected chi connectivity index (χ2v) is 11.3. The van der Waals surface area contributed by atoms with E-state index in [1.807, 2.05) is 13.8 Å². The molecule has 4 heterocycles. The van der Waals surface area contributed by atoms with Gasteiger partial charge in [-0.3, -0.25) is 20.6 Å². The van der Waals surface area contributed by atoms with Crippen LogP contribution in [0.15, 0.2) is 85.2 Å². The summed E-state index contributed by atoms with van der Waals surface area (Å²) in [6.45, 7) is 4.55. The van der Waals surface area contributed by atoms with Crippen LogP contribution in [0.3, 0.4) is 0 Å². The number of aromatic nitrogens is 6. The summed E-state index contributed by atoms with van der Waals surface area (Å²) in [5.74, 6) is 1.86. The molecule has 2 aromatic carbocycles. The molecule has 2 atom stereocenters. The number of nitrogens with zero attached hydrogens (tertiary/aromatic N) is 6. The molecular formula is C34H30Cl2N10O5. The highest BCUT2D eigenvalue weighted by Crippen LogP contribution is 2.40. The van der Waals surface area contributed by atoms with Crippen molar-refractivity contribution in [2.75, 3.05) is 23.7 Å². The predicted molar refractivity (Wildman–Crippen MR) is 191 cm³/mol. The number of anilines is 2. The maximum atomic E-state index is 11.9. The van der Waals surface area contributed by atoms with Crippen LogP contribution in [0.2, 0.25) is 0 Å². The average Bonchev–Trinajstić information content (AvgIpc) is 3.12. The smallest absolute Gasteiger partial charge is 0.320 e. The maximum Gasteiger partial charge on any atom is 0.320 e. The summed E-state index contributed by atoms with van der Waals surface area (Å²) < 4.78 is 18.4. The fraction of sp³-hybridized carbons (Fsp3) is 0.176. The Morgan fingerprint density at radius 3 is 1.43 bits per heavy atom. The number of halogens is 2. The molecule has 2 unspecified atom stereocenters. The summed E-state index contributed by atoms with van der Waals surface area (Å²) in [5, 5.41) is 10.6. The molecule has 4 amide bonds. The van der Waals surface area contributed by atoms with Crippen LogP contribution in [-0.2, 0) is 0 Å². The lowest BCUT2D eigenvalue weighted by Gasteiger charge is -2.18. The summed E-state index contributed by atoms with van der Waals surface area (Å²) in [6, 6.07) is 19.7. The average molecular weight is 730 g/mol. The Labute approximate surface area is 301 Å². The molecule has 4 N–H and O–H groups in total. The molecule has 0 spiro atoms. The van der Waals surface area contributed by atoms with Crippen molar-refractivity contribution in [1.29, 1.82) is 0 Å². The number of carbonyl (C=O) groups excluding carboxylic acids is 2. The van der Waals surface area contributed by atoms with Crippen LogP contribution in [0.1, 0.15) is 36.4 Å². The first kappa shape index (κ1) is 34.8. The van der Waals surface area contributed by atoms with Gasteiger partial charge in [-0.2, -0.15) is 0 Å². The predicted octanol–water partition coefficient (Wildman–Crippen LogP) is 7.07. The van der Waals surface area contributed by atoms with Crippen molar-refractivity contribution in [3.63, 3.8) is 0 Å². The zero-order chi connectivity index (χ0) is 35.7. The van der Waals surface area contributed by atoms with Gasteiger partial charge in [-0.05, 0) is 62.4 Å². The van der Waals surface area contributed by atoms with E-state index in [1.165, 1.54) is 12.4 Å². The molecule has 51 heavy (non-hydrogen) atoms. The molecule has 4 aromatic heterocycles. The topological polar surface area (TPSA) is 187 Å². The molecular weight excluding hydrogens is 699 g/mol. The number of benzene rings is 2. The third-order valence-electron chi connectivity index (χ3n) is 6.85. The van der Waals surface area contributed by atoms with Gasteiger partial charge in [0.25, 0.3) is 0 Å². The lowest BCUT2D eigenvalue weighted by molar-refractivity contribution is 0.251. The summed E-state index contributed by atoms with van der Waals surface area (Å²) in [7, 11) is 0. The number of hydrogen-bond donors (Lipinski definition) is 4. The number of para-hydroxylation sites is 4. The number of pyridine rings is 2. The van der Waals surface area contributed by atoms with E-state index < -0.39 is 11.1 Å². The van der Waals surface area contributed by atoms with Crippen LogP contribution in [-0.4, -0.2) is 55.1 Å². The van der Waals surface area contributed by atoms with E-state index in [4.69, 9.17) is 37.4 Å². The molecule has 0 saturated heterocycles. The quantitative estimate of drug-likeness (QED) is 0.0944. The molecule has 0 aliphatic rings. The Morgan fingerprint density at radius 1 is 0.608 bits per heavy atom. The van der Waals surface area contributed by atoms with Gasteiger partial charge >= 0.3 is 12.1 Å². The Bertz CT molecular complexity index is 2040. The Morgan fingerprint density at radius 2 is 1.02 bits per heavy atom. The third-order valence-corrected chi connectivity index (χ3v) is 7.48. The molecule has 260 valence electrons. The van der Waals surface area contributed by atoms with Gasteiger partial charge in [0.15, 0.2) is 34.3 Å². The first-order chi connectivity index (χ1) is 24.8. The summed E-state index contributed by atoms with van der Waals surface area (Å²) in [6.07, 6.45) is 2.97. The van der Waals surface area contributed by atoms with Crippen LogP contribution in [0, 0.1) is 0 Å². The molecule has 15 nitrogen and oxygen atoms in total. The fourth-order valence-electron chi connectivity index (χ4n) is 4.55. The molecule has 0 saturated carbocycles. The highest BCUT2D eigenvalue weighted by Gasteiger charge is 2.20. The molecule has 6 aromatic rings. The monoisotopic (exact) mass is 728 g/mol. The van der Waals surface area contributed by atoms with Crippen molar-refractivity contribution in [2.45, 2.75) is 25.0 Å². The van der Waals surface area contributed by atoms with Gasteiger partial charge in [0, 0.05) is 13.1 Å². The molecule has 0 aliphatic heterocycles. The largest absolute Gasteiger partial charge is 0.465 e. The van der Waals surface area contributed by atoms with Crippen molar-refractivity contribution >= 4 is 69.2 Å². The number of rotatable bonds is 12. The lowest BCUT2D eigenvalue weighted by atomic mass is 10.3. The van der Waals surface area contributed by atoms with Crippen LogP contribution < -0.4 is 35.5 Å². The molecule has 0 radical (unpaired) electrons. The van der Waals surface area contributed by atoms with Gasteiger partial charge in [-0.1, -0.05) is 47.5 Å². The normalized spacial score (nSPS) is 12.1. The Balaban J connectivity index is 1.17. The minimum Gasteiger partial charge on any atom is -0.465 e. The maximum absolute atomic E-state index is 11.9. The van der Waals surface area contributed by atoms with E-state index in [-0.39, 0.29) is 34.7 Å². The Hall–Kier alpha value is -6.06. The molecule has 6 rings (SSSR count). The van der Waals surface area contributed by atoms with Gasteiger partial charge in [0.2, 0.25) is 11.1 Å². The van der Waals surface area contributed by atoms with Crippen LogP contribution in [0.4, 0.5) is 21.2 Å². The number of amides is 4. The number of carbonyl (C=O) groups is 2. The summed E-state index contributed by atoms with van der Waals surface area (Å²) in [5.41, 5.74) is -0.0384. The van der Waals surface area contributed by atoms with Crippen molar-refractivity contribution in [3.8, 4) is 23.0 Å². The van der Waals surface area contributed by atoms with Crippen molar-refractivity contribution in [3.05, 3.63) is 96.6 Å². The van der Waals surface area contributed by atoms with E-state index in [0.29, 0.717) is 58.8 Å². The fourth-order valence-corrected chi connectivity index (χ4v) is 4.95. The SMILES string of the molecule is CCNC(=O)Nc1ccc2ncc(C(Cl)Oc3ccccc3Oc3ccccc3OC(Cl)c3cnc4ccc(NC(=O)NCC)nc4n3)nc2n1. The number of ether oxygens (including phenoxy) is 3. The number of alkyl halides is 2. The van der Waals surface area contributed by atoms with Crippen LogP contribution in [0.25, 0.3) is 22.3 Å². The van der Waals surface area contributed by atoms with Crippen molar-refractivity contribution in [1.82, 2.24) is 40.5 Å². The zero-order valence-corrected chi connectivity index (χ0v) is 28.6. The number of fused-ring (bicyclic) bond motifs is 2. The number of nitrogens with one attached hydrogen (secondary N) is 4. The molecule has 17 heteroatoms. The van der Waals surface area contributed by atoms with E-state index in [2.05, 4.69) is 51.2 Å². The van der Waals surface area contributed by atoms with Crippen LogP contribution >= 0.6 is 23.2 Å². The van der Waals surface area contributed by atoms with Crippen LogP contribution in [0.5, 0.6) is 23.0 Å². The van der Waals surface area contributed by atoms with E-state index >= 15 is 0 Å². The number of hydrogen-bond acceptors (Lipinski definition) is 11. The standard InChI is InChI=1S/C34H30Cl2N10O5/c1-3-37-33(47)45-27-15-13-19-31(43-27)41-21(17-39-19)29(35)50-25-11-7-5-9-23(25)49-24-10-6-8-12-26(24)51-30(36)22-18-40-20-14-16-28(44-32(20)42-22)46-34(48)38-4-2/h5-18,29-30H,3-4H2,1-2H3,(H2,37,41,43,45,47)(H2,38,42,44,46,48). The minimum atomic E-state index is -1.08. The number of urea groups is 2. The molecule has 0 aliphatic carbocycles. The van der Waals surface area contributed by atoms with E-state index in [0.717, 1.165) is 0 Å². The molecule has 0 bridgehead atoms. The summed E-state index contributed by atoms with van der Waals surface area (Å²) >= 11 is 13.3. The summed E-state index contributed by atoms with van der Waals surface area (Å²) in [4.78, 5) is 50.4. The van der Waals surface area contributed by atoms with Gasteiger partial charge in [-0.25, -0.2) is 29.5 Å². The lowest BCUT2D eigenvalue weighted by Crippen LogP contribution is -2.28. The molecule has 0 fully saturated rings. The minimum absolute atomic E-state index is 0.269. The highest BCUT2D eigenvalue weighted by atomic mass is 35.5. The van der Waals surface area contributed by atoms with Gasteiger partial charge in [0.05, 0.1) is 12.4 Å². The van der Waals surface area contributed by atoms with Crippen molar-refractivity contribution < 1.29 is 23.8 Å².